The second-order valence-electron chi connectivity index (χ2n) is 2.99. The molecule has 2 rings (SSSR count). The number of imidazole rings is 1. The highest BCUT2D eigenvalue weighted by Gasteiger charge is 2.04. The van der Waals surface area contributed by atoms with Gasteiger partial charge in [0, 0.05) is 28.9 Å². The highest BCUT2D eigenvalue weighted by Crippen LogP contribution is 2.23. The molecule has 1 aromatic carbocycles. The predicted octanol–water partition coefficient (Wildman–Crippen LogP) is 2.47. The number of hydrogen-bond acceptors (Lipinski definition) is 2. The summed E-state index contributed by atoms with van der Waals surface area (Å²) >= 11 is 3.36. The molecule has 0 amide bonds. The third-order valence-electron chi connectivity index (χ3n) is 1.95. The minimum absolute atomic E-state index is 0.296. The zero-order chi connectivity index (χ0) is 9.97. The number of benzene rings is 1. The molecule has 0 aliphatic rings. The molecule has 14 heavy (non-hydrogen) atoms. The highest BCUT2D eigenvalue weighted by molar-refractivity contribution is 9.10. The first-order chi connectivity index (χ1) is 6.75. The van der Waals surface area contributed by atoms with Crippen LogP contribution in [0.5, 0.6) is 5.75 Å². The van der Waals surface area contributed by atoms with Crippen molar-refractivity contribution in [3.63, 3.8) is 0 Å². The van der Waals surface area contributed by atoms with E-state index in [0.29, 0.717) is 12.2 Å². The van der Waals surface area contributed by atoms with Gasteiger partial charge in [0.2, 0.25) is 0 Å². The second-order valence-corrected chi connectivity index (χ2v) is 3.90. The van der Waals surface area contributed by atoms with E-state index >= 15 is 0 Å². The molecule has 0 atom stereocenters. The molecule has 0 aliphatic carbocycles. The Bertz CT molecular complexity index is 426. The van der Waals surface area contributed by atoms with Gasteiger partial charge in [-0.3, -0.25) is 0 Å². The highest BCUT2D eigenvalue weighted by atomic mass is 79.9. The summed E-state index contributed by atoms with van der Waals surface area (Å²) in [6.45, 7) is 0. The van der Waals surface area contributed by atoms with Gasteiger partial charge in [0.15, 0.2) is 0 Å². The van der Waals surface area contributed by atoms with Crippen molar-refractivity contribution in [3.05, 3.63) is 46.5 Å². The molecular formula is C10H9BrN2O. The van der Waals surface area contributed by atoms with Crippen LogP contribution < -0.4 is 0 Å². The van der Waals surface area contributed by atoms with Crippen LogP contribution in [0.1, 0.15) is 11.4 Å². The van der Waals surface area contributed by atoms with Crippen molar-refractivity contribution in [1.82, 2.24) is 9.97 Å². The van der Waals surface area contributed by atoms with E-state index in [2.05, 4.69) is 25.9 Å². The van der Waals surface area contributed by atoms with Crippen LogP contribution in [0.3, 0.4) is 0 Å². The molecule has 0 radical (unpaired) electrons. The van der Waals surface area contributed by atoms with E-state index in [1.807, 2.05) is 6.07 Å². The van der Waals surface area contributed by atoms with Crippen LogP contribution in [0.15, 0.2) is 35.1 Å². The summed E-state index contributed by atoms with van der Waals surface area (Å²) in [5.41, 5.74) is 0.856. The zero-order valence-electron chi connectivity index (χ0n) is 7.37. The molecule has 0 bridgehead atoms. The minimum Gasteiger partial charge on any atom is -0.508 e. The van der Waals surface area contributed by atoms with Gasteiger partial charge in [-0.2, -0.15) is 0 Å². The maximum absolute atomic E-state index is 9.57. The van der Waals surface area contributed by atoms with Gasteiger partial charge in [-0.25, -0.2) is 4.98 Å². The smallest absolute Gasteiger partial charge is 0.119 e. The first kappa shape index (κ1) is 9.27. The lowest BCUT2D eigenvalue weighted by Gasteiger charge is -2.02. The van der Waals surface area contributed by atoms with Crippen LogP contribution in [0.2, 0.25) is 0 Å². The summed E-state index contributed by atoms with van der Waals surface area (Å²) < 4.78 is 0.955. The summed E-state index contributed by atoms with van der Waals surface area (Å²) in [5.74, 6) is 1.14. The van der Waals surface area contributed by atoms with Gasteiger partial charge in [0.1, 0.15) is 11.6 Å². The normalized spacial score (nSPS) is 10.4. The van der Waals surface area contributed by atoms with Gasteiger partial charge in [-0.15, -0.1) is 0 Å². The number of phenolic OH excluding ortho intramolecular Hbond substituents is 1. The largest absolute Gasteiger partial charge is 0.508 e. The monoisotopic (exact) mass is 252 g/mol. The van der Waals surface area contributed by atoms with Gasteiger partial charge >= 0.3 is 0 Å². The molecule has 2 aromatic rings. The van der Waals surface area contributed by atoms with E-state index in [4.69, 9.17) is 0 Å². The van der Waals surface area contributed by atoms with E-state index < -0.39 is 0 Å². The molecule has 2 N–H and O–H groups in total. The molecule has 72 valence electrons. The lowest BCUT2D eigenvalue weighted by atomic mass is 10.1. The fraction of sp³-hybridized carbons (Fsp3) is 0.100. The van der Waals surface area contributed by atoms with Crippen LogP contribution in [0.25, 0.3) is 0 Å². The van der Waals surface area contributed by atoms with Crippen molar-refractivity contribution in [1.29, 1.82) is 0 Å². The summed E-state index contributed by atoms with van der Waals surface area (Å²) in [6, 6.07) is 5.36. The van der Waals surface area contributed by atoms with Crippen molar-refractivity contribution < 1.29 is 5.11 Å². The van der Waals surface area contributed by atoms with Crippen LogP contribution >= 0.6 is 15.9 Å². The van der Waals surface area contributed by atoms with E-state index in [-0.39, 0.29) is 0 Å². The van der Waals surface area contributed by atoms with Crippen molar-refractivity contribution >= 4 is 15.9 Å². The van der Waals surface area contributed by atoms with E-state index in [1.54, 1.807) is 24.5 Å². The average molecular weight is 253 g/mol. The molecule has 0 fully saturated rings. The maximum atomic E-state index is 9.57. The van der Waals surface area contributed by atoms with E-state index in [0.717, 1.165) is 15.9 Å². The Balaban J connectivity index is 2.28. The first-order valence-corrected chi connectivity index (χ1v) is 5.00. The second kappa shape index (κ2) is 3.84. The van der Waals surface area contributed by atoms with Crippen LogP contribution in [-0.4, -0.2) is 15.1 Å². The Morgan fingerprint density at radius 2 is 2.29 bits per heavy atom. The molecule has 1 aromatic heterocycles. The number of aromatic nitrogens is 2. The van der Waals surface area contributed by atoms with Gasteiger partial charge in [0.25, 0.3) is 0 Å². The van der Waals surface area contributed by atoms with Crippen LogP contribution in [0.4, 0.5) is 0 Å². The topological polar surface area (TPSA) is 48.9 Å². The maximum Gasteiger partial charge on any atom is 0.119 e. The lowest BCUT2D eigenvalue weighted by molar-refractivity contribution is 0.469. The molecule has 0 spiro atoms. The van der Waals surface area contributed by atoms with Crippen molar-refractivity contribution in [2.75, 3.05) is 0 Å². The Hall–Kier alpha value is -1.29. The summed E-state index contributed by atoms with van der Waals surface area (Å²) in [4.78, 5) is 7.10. The Morgan fingerprint density at radius 3 is 3.00 bits per heavy atom. The number of nitrogens with one attached hydrogen (secondary N) is 1. The van der Waals surface area contributed by atoms with Crippen molar-refractivity contribution in [3.8, 4) is 5.75 Å². The summed E-state index contributed by atoms with van der Waals surface area (Å²) in [5, 5.41) is 9.57. The lowest BCUT2D eigenvalue weighted by Crippen LogP contribution is -1.91. The fourth-order valence-corrected chi connectivity index (χ4v) is 1.68. The number of aromatic hydroxyl groups is 1. The van der Waals surface area contributed by atoms with Gasteiger partial charge in [0.05, 0.1) is 0 Å². The van der Waals surface area contributed by atoms with E-state index in [9.17, 15) is 5.11 Å². The first-order valence-electron chi connectivity index (χ1n) is 4.21. The third-order valence-corrected chi connectivity index (χ3v) is 2.45. The molecule has 0 saturated carbocycles. The summed E-state index contributed by atoms with van der Waals surface area (Å²) in [7, 11) is 0. The number of rotatable bonds is 2. The Morgan fingerprint density at radius 1 is 1.43 bits per heavy atom. The molecule has 0 saturated heterocycles. The average Bonchev–Trinajstić information content (AvgIpc) is 2.64. The van der Waals surface area contributed by atoms with E-state index in [1.165, 1.54) is 0 Å². The number of phenols is 1. The SMILES string of the molecule is Oc1ccc(Br)cc1Cc1ncc[nH]1. The van der Waals surface area contributed by atoms with Crippen LogP contribution in [-0.2, 0) is 6.42 Å². The molecule has 3 nitrogen and oxygen atoms in total. The number of H-pyrrole nitrogens is 1. The van der Waals surface area contributed by atoms with Crippen LogP contribution in [0, 0.1) is 0 Å². The van der Waals surface area contributed by atoms with Gasteiger partial charge in [-0.05, 0) is 18.2 Å². The van der Waals surface area contributed by atoms with Gasteiger partial charge < -0.3 is 10.1 Å². The number of halogens is 1. The van der Waals surface area contributed by atoms with Gasteiger partial charge in [-0.1, -0.05) is 15.9 Å². The Labute approximate surface area is 89.9 Å². The van der Waals surface area contributed by atoms with Crippen molar-refractivity contribution in [2.24, 2.45) is 0 Å². The number of hydrogen-bond donors (Lipinski definition) is 2. The van der Waals surface area contributed by atoms with Crippen molar-refractivity contribution in [2.45, 2.75) is 6.42 Å². The standard InChI is InChI=1S/C10H9BrN2O/c11-8-1-2-9(14)7(5-8)6-10-12-3-4-13-10/h1-5,14H,6H2,(H,12,13). The molecule has 0 aliphatic heterocycles. The zero-order valence-corrected chi connectivity index (χ0v) is 8.95. The Kier molecular flexibility index (Phi) is 2.54. The molecule has 0 unspecified atom stereocenters. The molecular weight excluding hydrogens is 244 g/mol. The minimum atomic E-state index is 0.296. The predicted molar refractivity (Wildman–Crippen MR) is 57.2 cm³/mol. The summed E-state index contributed by atoms with van der Waals surface area (Å²) in [6.07, 6.45) is 4.08. The molecule has 4 heteroatoms. The quantitative estimate of drug-likeness (QED) is 0.863. The fourth-order valence-electron chi connectivity index (χ4n) is 1.27. The molecule has 1 heterocycles. The number of aromatic amines is 1. The number of nitrogens with zero attached hydrogens (tertiary/aromatic N) is 1. The third kappa shape index (κ3) is 1.96.